The number of hydrogen-bond donors (Lipinski definition) is 1. The Hall–Kier alpha value is -3.42. The molecule has 1 atom stereocenters. The Morgan fingerprint density at radius 3 is 2.82 bits per heavy atom. The summed E-state index contributed by atoms with van der Waals surface area (Å²) >= 11 is 0. The van der Waals surface area contributed by atoms with Crippen LogP contribution in [-0.4, -0.2) is 48.2 Å². The lowest BCUT2D eigenvalue weighted by atomic mass is 10.2. The van der Waals surface area contributed by atoms with Gasteiger partial charge in [-0.15, -0.1) is 0 Å². The Morgan fingerprint density at radius 1 is 1.36 bits per heavy atom. The number of hydrogen-bond acceptors (Lipinski definition) is 5. The summed E-state index contributed by atoms with van der Waals surface area (Å²) < 4.78 is 21.5. The lowest BCUT2D eigenvalue weighted by Gasteiger charge is -2.25. The SMILES string of the molecule is CC(=O)NCC(CN(C)c1ccc(-n2cc3ccncc3c2)c(F)c1)OC=O. The third-order valence-electron chi connectivity index (χ3n) is 4.40. The summed E-state index contributed by atoms with van der Waals surface area (Å²) in [7, 11) is 1.76. The first-order chi connectivity index (χ1) is 13.5. The molecule has 1 amide bonds. The van der Waals surface area contributed by atoms with Gasteiger partial charge in [0.05, 0.1) is 18.8 Å². The molecule has 3 rings (SSSR count). The monoisotopic (exact) mass is 384 g/mol. The quantitative estimate of drug-likeness (QED) is 0.603. The highest BCUT2D eigenvalue weighted by Crippen LogP contribution is 2.24. The van der Waals surface area contributed by atoms with E-state index in [9.17, 15) is 14.0 Å². The van der Waals surface area contributed by atoms with E-state index in [1.54, 1.807) is 41.0 Å². The van der Waals surface area contributed by atoms with E-state index >= 15 is 0 Å². The predicted octanol–water partition coefficient (Wildman–Crippen LogP) is 2.28. The van der Waals surface area contributed by atoms with Gasteiger partial charge in [0.15, 0.2) is 0 Å². The summed E-state index contributed by atoms with van der Waals surface area (Å²) in [5.74, 6) is -0.598. The topological polar surface area (TPSA) is 76.5 Å². The van der Waals surface area contributed by atoms with E-state index in [4.69, 9.17) is 4.74 Å². The molecular formula is C20H21FN4O3. The van der Waals surface area contributed by atoms with Crippen molar-refractivity contribution < 1.29 is 18.7 Å². The van der Waals surface area contributed by atoms with Gasteiger partial charge in [0.25, 0.3) is 6.47 Å². The van der Waals surface area contributed by atoms with Crippen LogP contribution in [0.3, 0.4) is 0 Å². The van der Waals surface area contributed by atoms with Gasteiger partial charge in [-0.1, -0.05) is 0 Å². The van der Waals surface area contributed by atoms with Gasteiger partial charge >= 0.3 is 0 Å². The van der Waals surface area contributed by atoms with E-state index in [0.29, 0.717) is 24.4 Å². The molecule has 0 aliphatic carbocycles. The molecule has 28 heavy (non-hydrogen) atoms. The number of ether oxygens (including phenoxy) is 1. The molecular weight excluding hydrogens is 363 g/mol. The molecule has 3 aromatic rings. The second-order valence-electron chi connectivity index (χ2n) is 6.48. The van der Waals surface area contributed by atoms with E-state index in [0.717, 1.165) is 10.8 Å². The largest absolute Gasteiger partial charge is 0.461 e. The van der Waals surface area contributed by atoms with Crippen LogP contribution in [0.1, 0.15) is 6.92 Å². The summed E-state index contributed by atoms with van der Waals surface area (Å²) in [6, 6.07) is 6.78. The summed E-state index contributed by atoms with van der Waals surface area (Å²) in [6.07, 6.45) is 6.55. The number of carbonyl (C=O) groups is 2. The van der Waals surface area contributed by atoms with E-state index in [1.807, 2.05) is 18.5 Å². The molecule has 0 spiro atoms. The van der Waals surface area contributed by atoms with Gasteiger partial charge in [-0.05, 0) is 24.3 Å². The number of anilines is 1. The molecule has 1 aromatic carbocycles. The number of carbonyl (C=O) groups excluding carboxylic acids is 2. The maximum Gasteiger partial charge on any atom is 0.293 e. The lowest BCUT2D eigenvalue weighted by molar-refractivity contribution is -0.134. The Labute approximate surface area is 161 Å². The fourth-order valence-electron chi connectivity index (χ4n) is 2.96. The summed E-state index contributed by atoms with van der Waals surface area (Å²) in [5, 5.41) is 4.51. The Morgan fingerprint density at radius 2 is 2.14 bits per heavy atom. The van der Waals surface area contributed by atoms with Crippen molar-refractivity contribution in [3.63, 3.8) is 0 Å². The highest BCUT2D eigenvalue weighted by atomic mass is 19.1. The molecule has 0 fully saturated rings. The number of halogens is 1. The van der Waals surface area contributed by atoms with Crippen molar-refractivity contribution in [2.75, 3.05) is 25.0 Å². The molecule has 1 N–H and O–H groups in total. The van der Waals surface area contributed by atoms with Gasteiger partial charge in [-0.2, -0.15) is 0 Å². The third kappa shape index (κ3) is 4.46. The zero-order valence-electron chi connectivity index (χ0n) is 15.6. The summed E-state index contributed by atoms with van der Waals surface area (Å²) in [4.78, 5) is 27.6. The van der Waals surface area contributed by atoms with Gasteiger partial charge in [-0.3, -0.25) is 14.6 Å². The minimum atomic E-state index is -0.545. The molecule has 0 saturated carbocycles. The van der Waals surface area contributed by atoms with E-state index in [1.165, 1.54) is 13.0 Å². The van der Waals surface area contributed by atoms with Gasteiger partial charge in [0, 0.05) is 55.2 Å². The minimum Gasteiger partial charge on any atom is -0.461 e. The molecule has 146 valence electrons. The van der Waals surface area contributed by atoms with Crippen LogP contribution < -0.4 is 10.2 Å². The van der Waals surface area contributed by atoms with Crippen LogP contribution in [-0.2, 0) is 14.3 Å². The van der Waals surface area contributed by atoms with Crippen LogP contribution in [0.4, 0.5) is 10.1 Å². The number of benzene rings is 1. The average Bonchev–Trinajstić information content (AvgIpc) is 3.09. The van der Waals surface area contributed by atoms with Gasteiger partial charge in [-0.25, -0.2) is 4.39 Å². The van der Waals surface area contributed by atoms with Crippen molar-refractivity contribution >= 4 is 28.8 Å². The minimum absolute atomic E-state index is 0.184. The van der Waals surface area contributed by atoms with Crippen LogP contribution in [0.15, 0.2) is 49.1 Å². The van der Waals surface area contributed by atoms with Crippen LogP contribution >= 0.6 is 0 Å². The number of fused-ring (bicyclic) bond motifs is 1. The van der Waals surface area contributed by atoms with Crippen LogP contribution in [0.25, 0.3) is 16.5 Å². The highest BCUT2D eigenvalue weighted by molar-refractivity contribution is 5.82. The normalized spacial score (nSPS) is 11.8. The van der Waals surface area contributed by atoms with Crippen molar-refractivity contribution in [3.8, 4) is 5.69 Å². The predicted molar refractivity (Wildman–Crippen MR) is 104 cm³/mol. The number of likely N-dealkylation sites (N-methyl/N-ethyl adjacent to an activating group) is 1. The average molecular weight is 384 g/mol. The van der Waals surface area contributed by atoms with Crippen molar-refractivity contribution in [2.24, 2.45) is 0 Å². The molecule has 0 radical (unpaired) electrons. The number of aromatic nitrogens is 2. The van der Waals surface area contributed by atoms with Crippen LogP contribution in [0, 0.1) is 5.82 Å². The first-order valence-corrected chi connectivity index (χ1v) is 8.74. The van der Waals surface area contributed by atoms with E-state index in [2.05, 4.69) is 10.3 Å². The smallest absolute Gasteiger partial charge is 0.293 e. The van der Waals surface area contributed by atoms with Gasteiger partial charge in [0.1, 0.15) is 11.9 Å². The zero-order chi connectivity index (χ0) is 20.1. The third-order valence-corrected chi connectivity index (χ3v) is 4.40. The standard InChI is InChI=1S/C20H21FN4O3/c1-14(27)23-9-18(28-13-26)12-24(2)17-3-4-20(19(21)7-17)25-10-15-5-6-22-8-16(15)11-25/h3-8,10-11,13,18H,9,12H2,1-2H3,(H,23,27). The molecule has 0 saturated heterocycles. The first kappa shape index (κ1) is 19.3. The van der Waals surface area contributed by atoms with Crippen LogP contribution in [0.5, 0.6) is 0 Å². The number of nitrogens with zero attached hydrogens (tertiary/aromatic N) is 3. The summed E-state index contributed by atoms with van der Waals surface area (Å²) in [6.45, 7) is 2.21. The van der Waals surface area contributed by atoms with Gasteiger partial charge < -0.3 is 19.5 Å². The molecule has 2 aromatic heterocycles. The second kappa shape index (κ2) is 8.51. The van der Waals surface area contributed by atoms with Crippen molar-refractivity contribution in [1.29, 1.82) is 0 Å². The molecule has 0 aliphatic heterocycles. The maximum atomic E-state index is 14.8. The van der Waals surface area contributed by atoms with Crippen molar-refractivity contribution in [2.45, 2.75) is 13.0 Å². The van der Waals surface area contributed by atoms with E-state index in [-0.39, 0.29) is 18.3 Å². The van der Waals surface area contributed by atoms with Crippen molar-refractivity contribution in [3.05, 3.63) is 54.9 Å². The lowest BCUT2D eigenvalue weighted by Crippen LogP contribution is -2.39. The zero-order valence-corrected chi connectivity index (χ0v) is 15.6. The van der Waals surface area contributed by atoms with E-state index < -0.39 is 6.10 Å². The number of nitrogens with one attached hydrogen (secondary N) is 1. The van der Waals surface area contributed by atoms with Gasteiger partial charge in [0.2, 0.25) is 5.91 Å². The van der Waals surface area contributed by atoms with Crippen LogP contribution in [0.2, 0.25) is 0 Å². The molecule has 7 nitrogen and oxygen atoms in total. The summed E-state index contributed by atoms with van der Waals surface area (Å²) in [5.41, 5.74) is 1.05. The number of rotatable bonds is 8. The first-order valence-electron chi connectivity index (χ1n) is 8.74. The highest BCUT2D eigenvalue weighted by Gasteiger charge is 2.15. The second-order valence-corrected chi connectivity index (χ2v) is 6.48. The fourth-order valence-corrected chi connectivity index (χ4v) is 2.96. The molecule has 2 heterocycles. The fraction of sp³-hybridized carbons (Fsp3) is 0.250. The molecule has 0 bridgehead atoms. The molecule has 0 aliphatic rings. The number of amides is 1. The molecule has 1 unspecified atom stereocenters. The number of pyridine rings is 1. The maximum absolute atomic E-state index is 14.8. The Bertz CT molecular complexity index is 955. The Kier molecular flexibility index (Phi) is 5.88. The Balaban J connectivity index is 1.76. The molecule has 8 heteroatoms. The van der Waals surface area contributed by atoms with Crippen molar-refractivity contribution in [1.82, 2.24) is 14.9 Å².